The summed E-state index contributed by atoms with van der Waals surface area (Å²) in [4.78, 5) is 2.23. The predicted octanol–water partition coefficient (Wildman–Crippen LogP) is 4.72. The lowest BCUT2D eigenvalue weighted by Crippen LogP contribution is -2.18. The van der Waals surface area contributed by atoms with Gasteiger partial charge >= 0.3 is 0 Å². The molecule has 0 spiro atoms. The van der Waals surface area contributed by atoms with Crippen molar-refractivity contribution in [2.45, 2.75) is 19.9 Å². The first-order valence-electron chi connectivity index (χ1n) is 7.00. The number of benzene rings is 2. The Morgan fingerprint density at radius 3 is 2.55 bits per heavy atom. The summed E-state index contributed by atoms with van der Waals surface area (Å²) in [6.07, 6.45) is 1.15. The number of rotatable bonds is 6. The third kappa shape index (κ3) is 3.84. The summed E-state index contributed by atoms with van der Waals surface area (Å²) in [6.45, 7) is 4.12. The minimum absolute atomic E-state index is 0.889. The van der Waals surface area contributed by atoms with Crippen LogP contribution < -0.4 is 10.2 Å². The largest absolute Gasteiger partial charge is 0.344 e. The van der Waals surface area contributed by atoms with E-state index in [0.717, 1.165) is 24.0 Å². The van der Waals surface area contributed by atoms with Crippen molar-refractivity contribution in [1.29, 1.82) is 0 Å². The molecule has 20 heavy (non-hydrogen) atoms. The van der Waals surface area contributed by atoms with Crippen LogP contribution in [0.15, 0.2) is 53.0 Å². The fourth-order valence-corrected chi connectivity index (χ4v) is 2.62. The first kappa shape index (κ1) is 15.1. The monoisotopic (exact) mass is 332 g/mol. The van der Waals surface area contributed by atoms with Gasteiger partial charge in [0.2, 0.25) is 0 Å². The molecule has 0 atom stereocenters. The van der Waals surface area contributed by atoms with Crippen LogP contribution in [0.1, 0.15) is 18.9 Å². The topological polar surface area (TPSA) is 15.3 Å². The van der Waals surface area contributed by atoms with Gasteiger partial charge in [-0.15, -0.1) is 0 Å². The highest BCUT2D eigenvalue weighted by atomic mass is 79.9. The van der Waals surface area contributed by atoms with E-state index in [1.54, 1.807) is 0 Å². The van der Waals surface area contributed by atoms with E-state index < -0.39 is 0 Å². The van der Waals surface area contributed by atoms with Gasteiger partial charge < -0.3 is 10.2 Å². The van der Waals surface area contributed by atoms with Crippen molar-refractivity contribution < 1.29 is 0 Å². The fraction of sp³-hybridized carbons (Fsp3) is 0.294. The van der Waals surface area contributed by atoms with Gasteiger partial charge in [0.15, 0.2) is 0 Å². The molecular formula is C17H21BrN2. The summed E-state index contributed by atoms with van der Waals surface area (Å²) < 4.78 is 1.12. The van der Waals surface area contributed by atoms with Crippen LogP contribution in [-0.4, -0.2) is 13.6 Å². The van der Waals surface area contributed by atoms with E-state index in [0.29, 0.717) is 0 Å². The standard InChI is InChI=1S/C17H21BrN2/c1-3-11-19-13-14-12-15(18)9-10-17(14)20(2)16-7-5-4-6-8-16/h4-10,12,19H,3,11,13H2,1-2H3. The number of nitrogens with one attached hydrogen (secondary N) is 1. The maximum Gasteiger partial charge on any atom is 0.0454 e. The highest BCUT2D eigenvalue weighted by Crippen LogP contribution is 2.29. The van der Waals surface area contributed by atoms with Gasteiger partial charge in [-0.2, -0.15) is 0 Å². The molecule has 1 N–H and O–H groups in total. The number of hydrogen-bond donors (Lipinski definition) is 1. The zero-order valence-electron chi connectivity index (χ0n) is 12.1. The molecule has 0 aliphatic rings. The predicted molar refractivity (Wildman–Crippen MR) is 90.6 cm³/mol. The molecule has 0 unspecified atom stereocenters. The molecule has 0 heterocycles. The number of hydrogen-bond acceptors (Lipinski definition) is 2. The van der Waals surface area contributed by atoms with Crippen LogP contribution in [0.4, 0.5) is 11.4 Å². The smallest absolute Gasteiger partial charge is 0.0454 e. The Hall–Kier alpha value is -1.32. The van der Waals surface area contributed by atoms with Crippen molar-refractivity contribution >= 4 is 27.3 Å². The molecule has 0 aliphatic heterocycles. The molecule has 0 saturated carbocycles. The number of para-hydroxylation sites is 1. The van der Waals surface area contributed by atoms with Crippen LogP contribution in [-0.2, 0) is 6.54 Å². The Kier molecular flexibility index (Phi) is 5.62. The van der Waals surface area contributed by atoms with Crippen molar-refractivity contribution in [3.8, 4) is 0 Å². The molecule has 2 rings (SSSR count). The quantitative estimate of drug-likeness (QED) is 0.770. The molecule has 2 aromatic carbocycles. The summed E-state index contributed by atoms with van der Waals surface area (Å²) in [5, 5.41) is 3.48. The second kappa shape index (κ2) is 7.46. The third-order valence-electron chi connectivity index (χ3n) is 3.29. The molecule has 0 bridgehead atoms. The Balaban J connectivity index is 2.25. The van der Waals surface area contributed by atoms with Gasteiger partial charge in [0.25, 0.3) is 0 Å². The van der Waals surface area contributed by atoms with Crippen LogP contribution in [0.5, 0.6) is 0 Å². The van der Waals surface area contributed by atoms with Gasteiger partial charge in [0, 0.05) is 29.4 Å². The third-order valence-corrected chi connectivity index (χ3v) is 3.78. The zero-order chi connectivity index (χ0) is 14.4. The Morgan fingerprint density at radius 2 is 1.85 bits per heavy atom. The molecule has 106 valence electrons. The molecule has 0 amide bonds. The van der Waals surface area contributed by atoms with Crippen LogP contribution in [0.3, 0.4) is 0 Å². The molecule has 0 aromatic heterocycles. The number of anilines is 2. The van der Waals surface area contributed by atoms with E-state index in [2.05, 4.69) is 82.6 Å². The second-order valence-corrected chi connectivity index (χ2v) is 5.76. The molecule has 0 aliphatic carbocycles. The fourth-order valence-electron chi connectivity index (χ4n) is 2.21. The van der Waals surface area contributed by atoms with Crippen molar-refractivity contribution in [2.75, 3.05) is 18.5 Å². The molecule has 2 nitrogen and oxygen atoms in total. The summed E-state index contributed by atoms with van der Waals surface area (Å²) >= 11 is 3.56. The Bertz CT molecular complexity index is 540. The molecule has 3 heteroatoms. The maximum atomic E-state index is 3.56. The van der Waals surface area contributed by atoms with E-state index in [1.807, 2.05) is 6.07 Å². The van der Waals surface area contributed by atoms with Crippen molar-refractivity contribution in [3.05, 3.63) is 58.6 Å². The minimum Gasteiger partial charge on any atom is -0.344 e. The van der Waals surface area contributed by atoms with Crippen LogP contribution in [0.2, 0.25) is 0 Å². The number of halogens is 1. The normalized spacial score (nSPS) is 10.6. The first-order valence-corrected chi connectivity index (χ1v) is 7.79. The Labute approximate surface area is 129 Å². The number of nitrogens with zero attached hydrogens (tertiary/aromatic N) is 1. The van der Waals surface area contributed by atoms with E-state index in [9.17, 15) is 0 Å². The average molecular weight is 333 g/mol. The SMILES string of the molecule is CCCNCc1cc(Br)ccc1N(C)c1ccccc1. The first-order chi connectivity index (χ1) is 9.72. The summed E-state index contributed by atoms with van der Waals surface area (Å²) in [6, 6.07) is 16.9. The van der Waals surface area contributed by atoms with Gasteiger partial charge in [-0.25, -0.2) is 0 Å². The van der Waals surface area contributed by atoms with E-state index in [-0.39, 0.29) is 0 Å². The lowest BCUT2D eigenvalue weighted by Gasteiger charge is -2.23. The summed E-state index contributed by atoms with van der Waals surface area (Å²) in [5.41, 5.74) is 3.74. The van der Waals surface area contributed by atoms with Gasteiger partial charge in [-0.05, 0) is 48.9 Å². The van der Waals surface area contributed by atoms with E-state index in [1.165, 1.54) is 16.9 Å². The lowest BCUT2D eigenvalue weighted by atomic mass is 10.1. The van der Waals surface area contributed by atoms with Crippen LogP contribution in [0, 0.1) is 0 Å². The molecule has 0 radical (unpaired) electrons. The van der Waals surface area contributed by atoms with Gasteiger partial charge in [0.05, 0.1) is 0 Å². The van der Waals surface area contributed by atoms with Gasteiger partial charge in [-0.1, -0.05) is 41.1 Å². The van der Waals surface area contributed by atoms with Gasteiger partial charge in [0.1, 0.15) is 0 Å². The highest BCUT2D eigenvalue weighted by Gasteiger charge is 2.09. The lowest BCUT2D eigenvalue weighted by molar-refractivity contribution is 0.675. The molecule has 0 fully saturated rings. The van der Waals surface area contributed by atoms with Gasteiger partial charge in [-0.3, -0.25) is 0 Å². The zero-order valence-corrected chi connectivity index (χ0v) is 13.7. The summed E-state index contributed by atoms with van der Waals surface area (Å²) in [5.74, 6) is 0. The minimum atomic E-state index is 0.889. The highest BCUT2D eigenvalue weighted by molar-refractivity contribution is 9.10. The van der Waals surface area contributed by atoms with Crippen LogP contribution in [0.25, 0.3) is 0 Å². The Morgan fingerprint density at radius 1 is 1.10 bits per heavy atom. The van der Waals surface area contributed by atoms with E-state index in [4.69, 9.17) is 0 Å². The van der Waals surface area contributed by atoms with E-state index >= 15 is 0 Å². The maximum absolute atomic E-state index is 3.56. The van der Waals surface area contributed by atoms with Crippen LogP contribution >= 0.6 is 15.9 Å². The van der Waals surface area contributed by atoms with Crippen molar-refractivity contribution in [1.82, 2.24) is 5.32 Å². The molecular weight excluding hydrogens is 312 g/mol. The average Bonchev–Trinajstić information content (AvgIpc) is 2.48. The molecule has 2 aromatic rings. The second-order valence-electron chi connectivity index (χ2n) is 4.84. The van der Waals surface area contributed by atoms with Crippen molar-refractivity contribution in [2.24, 2.45) is 0 Å². The van der Waals surface area contributed by atoms with Crippen molar-refractivity contribution in [3.63, 3.8) is 0 Å². The summed E-state index contributed by atoms with van der Waals surface area (Å²) in [7, 11) is 2.11. The molecule has 0 saturated heterocycles.